The van der Waals surface area contributed by atoms with E-state index in [0.29, 0.717) is 16.3 Å². The molecule has 0 amide bonds. The summed E-state index contributed by atoms with van der Waals surface area (Å²) in [6.45, 7) is -0.0617. The van der Waals surface area contributed by atoms with E-state index in [2.05, 4.69) is 4.72 Å². The highest BCUT2D eigenvalue weighted by Gasteiger charge is 2.16. The number of aliphatic hydroxyl groups excluding tert-OH is 1. The van der Waals surface area contributed by atoms with Crippen LogP contribution in [0.5, 0.6) is 0 Å². The van der Waals surface area contributed by atoms with Crippen molar-refractivity contribution >= 4 is 21.6 Å². The van der Waals surface area contributed by atoms with Crippen molar-refractivity contribution in [3.8, 4) is 0 Å². The number of aliphatic hydroxyl groups is 1. The number of aromatic nitrogens is 1. The number of benzene rings is 1. The molecule has 0 fully saturated rings. The zero-order chi connectivity index (χ0) is 15.5. The number of hydrogen-bond acceptors (Lipinski definition) is 3. The Balaban J connectivity index is 1.95. The largest absolute Gasteiger partial charge is 0.386 e. The first-order valence-electron chi connectivity index (χ1n) is 6.38. The van der Waals surface area contributed by atoms with Crippen LogP contribution in [0.25, 0.3) is 0 Å². The second-order valence-corrected chi connectivity index (χ2v) is 7.04. The van der Waals surface area contributed by atoms with Gasteiger partial charge in [0.25, 0.3) is 0 Å². The molecule has 0 saturated carbocycles. The van der Waals surface area contributed by atoms with Gasteiger partial charge in [0.1, 0.15) is 6.10 Å². The van der Waals surface area contributed by atoms with E-state index in [1.54, 1.807) is 54.2 Å². The fourth-order valence-electron chi connectivity index (χ4n) is 1.98. The summed E-state index contributed by atoms with van der Waals surface area (Å²) in [6, 6.07) is 10.2. The number of nitrogens with one attached hydrogen (secondary N) is 1. The summed E-state index contributed by atoms with van der Waals surface area (Å²) in [5.74, 6) is -0.149. The van der Waals surface area contributed by atoms with Gasteiger partial charge in [-0.15, -0.1) is 0 Å². The van der Waals surface area contributed by atoms with Crippen molar-refractivity contribution in [1.29, 1.82) is 0 Å². The van der Waals surface area contributed by atoms with Gasteiger partial charge in [0.15, 0.2) is 0 Å². The van der Waals surface area contributed by atoms with Crippen molar-refractivity contribution in [1.82, 2.24) is 9.29 Å². The van der Waals surface area contributed by atoms with Crippen LogP contribution in [0.15, 0.2) is 42.6 Å². The fraction of sp³-hybridized carbons (Fsp3) is 0.286. The van der Waals surface area contributed by atoms with E-state index in [0.717, 1.165) is 0 Å². The number of nitrogens with zero attached hydrogens (tertiary/aromatic N) is 1. The van der Waals surface area contributed by atoms with E-state index < -0.39 is 16.1 Å². The normalized spacial score (nSPS) is 13.3. The van der Waals surface area contributed by atoms with Crippen molar-refractivity contribution in [2.75, 3.05) is 6.54 Å². The van der Waals surface area contributed by atoms with E-state index in [1.165, 1.54) is 0 Å². The topological polar surface area (TPSA) is 71.3 Å². The summed E-state index contributed by atoms with van der Waals surface area (Å²) in [5, 5.41) is 10.5. The van der Waals surface area contributed by atoms with E-state index in [4.69, 9.17) is 11.6 Å². The second-order valence-electron chi connectivity index (χ2n) is 4.79. The third-order valence-corrected chi connectivity index (χ3v) is 4.66. The SMILES string of the molecule is Cn1cccc1C(O)CNS(=O)(=O)Cc1ccc(Cl)cc1. The molecule has 2 rings (SSSR count). The summed E-state index contributed by atoms with van der Waals surface area (Å²) >= 11 is 5.76. The Kier molecular flexibility index (Phi) is 5.05. The van der Waals surface area contributed by atoms with Gasteiger partial charge in [-0.1, -0.05) is 23.7 Å². The Hall–Kier alpha value is -1.34. The van der Waals surface area contributed by atoms with Crippen LogP contribution in [0.4, 0.5) is 0 Å². The quantitative estimate of drug-likeness (QED) is 0.850. The van der Waals surface area contributed by atoms with Crippen LogP contribution in [0, 0.1) is 0 Å². The molecule has 114 valence electrons. The molecule has 21 heavy (non-hydrogen) atoms. The lowest BCUT2D eigenvalue weighted by Crippen LogP contribution is -2.30. The van der Waals surface area contributed by atoms with E-state index in [-0.39, 0.29) is 12.3 Å². The maximum Gasteiger partial charge on any atom is 0.215 e. The van der Waals surface area contributed by atoms with Crippen LogP contribution in [0.3, 0.4) is 0 Å². The molecule has 0 aliphatic rings. The Morgan fingerprint density at radius 1 is 1.29 bits per heavy atom. The Morgan fingerprint density at radius 3 is 2.52 bits per heavy atom. The minimum Gasteiger partial charge on any atom is -0.386 e. The minimum absolute atomic E-state index is 0.0617. The Morgan fingerprint density at radius 2 is 1.95 bits per heavy atom. The van der Waals surface area contributed by atoms with Gasteiger partial charge in [0, 0.05) is 30.5 Å². The summed E-state index contributed by atoms with van der Waals surface area (Å²) in [6.07, 6.45) is 0.908. The molecule has 7 heteroatoms. The summed E-state index contributed by atoms with van der Waals surface area (Å²) in [5.41, 5.74) is 1.30. The lowest BCUT2D eigenvalue weighted by molar-refractivity contribution is 0.173. The van der Waals surface area contributed by atoms with Crippen LogP contribution < -0.4 is 4.72 Å². The molecule has 2 N–H and O–H groups in total. The molecule has 1 aromatic carbocycles. The second kappa shape index (κ2) is 6.62. The number of sulfonamides is 1. The minimum atomic E-state index is -3.51. The predicted octanol–water partition coefficient (Wildman–Crippen LogP) is 1.83. The molecule has 2 aromatic rings. The highest BCUT2D eigenvalue weighted by atomic mass is 35.5. The maximum absolute atomic E-state index is 12.0. The summed E-state index contributed by atoms with van der Waals surface area (Å²) < 4.78 is 28.1. The first-order chi connectivity index (χ1) is 9.87. The molecule has 1 heterocycles. The Labute approximate surface area is 129 Å². The molecular formula is C14H17ClN2O3S. The van der Waals surface area contributed by atoms with Crippen molar-refractivity contribution in [3.05, 3.63) is 58.9 Å². The summed E-state index contributed by atoms with van der Waals surface area (Å²) in [4.78, 5) is 0. The van der Waals surface area contributed by atoms with E-state index in [9.17, 15) is 13.5 Å². The lowest BCUT2D eigenvalue weighted by atomic mass is 10.2. The van der Waals surface area contributed by atoms with Crippen molar-refractivity contribution < 1.29 is 13.5 Å². The fourth-order valence-corrected chi connectivity index (χ4v) is 3.25. The standard InChI is InChI=1S/C14H17ClN2O3S/c1-17-8-2-3-13(17)14(18)9-16-21(19,20)10-11-4-6-12(15)7-5-11/h2-8,14,16,18H,9-10H2,1H3. The van der Waals surface area contributed by atoms with Crippen molar-refractivity contribution in [3.63, 3.8) is 0 Å². The first-order valence-corrected chi connectivity index (χ1v) is 8.41. The van der Waals surface area contributed by atoms with Gasteiger partial charge in [0.2, 0.25) is 10.0 Å². The molecule has 0 bridgehead atoms. The van der Waals surface area contributed by atoms with Crippen LogP contribution in [0.2, 0.25) is 5.02 Å². The van der Waals surface area contributed by atoms with Crippen molar-refractivity contribution in [2.24, 2.45) is 7.05 Å². The molecule has 0 spiro atoms. The van der Waals surface area contributed by atoms with Crippen LogP contribution in [-0.2, 0) is 22.8 Å². The molecular weight excluding hydrogens is 312 g/mol. The number of halogens is 1. The van der Waals surface area contributed by atoms with E-state index >= 15 is 0 Å². The zero-order valence-electron chi connectivity index (χ0n) is 11.5. The number of rotatable bonds is 6. The zero-order valence-corrected chi connectivity index (χ0v) is 13.1. The number of hydrogen-bond donors (Lipinski definition) is 2. The van der Waals surface area contributed by atoms with E-state index in [1.807, 2.05) is 0 Å². The van der Waals surface area contributed by atoms with Crippen LogP contribution in [0.1, 0.15) is 17.4 Å². The summed E-state index contributed by atoms with van der Waals surface area (Å²) in [7, 11) is -1.72. The Bertz CT molecular complexity index is 695. The highest BCUT2D eigenvalue weighted by Crippen LogP contribution is 2.14. The number of aryl methyl sites for hydroxylation is 1. The first kappa shape index (κ1) is 16.0. The van der Waals surface area contributed by atoms with Gasteiger partial charge in [0.05, 0.1) is 5.75 Å². The van der Waals surface area contributed by atoms with Gasteiger partial charge in [-0.05, 0) is 29.8 Å². The third kappa shape index (κ3) is 4.57. The van der Waals surface area contributed by atoms with Gasteiger partial charge in [-0.3, -0.25) is 0 Å². The maximum atomic E-state index is 12.0. The average Bonchev–Trinajstić information content (AvgIpc) is 2.85. The van der Waals surface area contributed by atoms with Gasteiger partial charge in [-0.2, -0.15) is 0 Å². The predicted molar refractivity (Wildman–Crippen MR) is 82.5 cm³/mol. The lowest BCUT2D eigenvalue weighted by Gasteiger charge is -2.13. The smallest absolute Gasteiger partial charge is 0.215 e. The molecule has 0 aliphatic heterocycles. The van der Waals surface area contributed by atoms with Gasteiger partial charge < -0.3 is 9.67 Å². The van der Waals surface area contributed by atoms with Gasteiger partial charge in [-0.25, -0.2) is 13.1 Å². The monoisotopic (exact) mass is 328 g/mol. The molecule has 1 aromatic heterocycles. The molecule has 1 unspecified atom stereocenters. The third-order valence-electron chi connectivity index (χ3n) is 3.09. The highest BCUT2D eigenvalue weighted by molar-refractivity contribution is 7.88. The molecule has 5 nitrogen and oxygen atoms in total. The van der Waals surface area contributed by atoms with Crippen LogP contribution in [-0.4, -0.2) is 24.6 Å². The molecule has 1 atom stereocenters. The molecule has 0 radical (unpaired) electrons. The molecule has 0 saturated heterocycles. The molecule has 0 aliphatic carbocycles. The van der Waals surface area contributed by atoms with Gasteiger partial charge >= 0.3 is 0 Å². The van der Waals surface area contributed by atoms with Crippen molar-refractivity contribution in [2.45, 2.75) is 11.9 Å². The van der Waals surface area contributed by atoms with Crippen LogP contribution >= 0.6 is 11.6 Å². The average molecular weight is 329 g/mol.